The number of amides is 1. The molecule has 2 aromatic heterocycles. The molecule has 3 nitrogen and oxygen atoms in total. The van der Waals surface area contributed by atoms with Crippen molar-refractivity contribution in [2.24, 2.45) is 5.73 Å². The second-order valence-corrected chi connectivity index (χ2v) is 3.43. The molecule has 0 aromatic carbocycles. The van der Waals surface area contributed by atoms with Crippen molar-refractivity contribution in [1.82, 2.24) is 4.40 Å². The van der Waals surface area contributed by atoms with Crippen LogP contribution in [0.15, 0.2) is 30.6 Å². The minimum Gasteiger partial charge on any atom is -0.369 e. The lowest BCUT2D eigenvalue weighted by Gasteiger charge is -1.97. The molecular formula is C11H12N2O. The van der Waals surface area contributed by atoms with Gasteiger partial charge in [0.1, 0.15) is 0 Å². The highest BCUT2D eigenvalue weighted by Gasteiger charge is 2.08. The smallest absolute Gasteiger partial charge is 0.221 e. The first-order valence-electron chi connectivity index (χ1n) is 4.52. The minimum atomic E-state index is -0.287. The van der Waals surface area contributed by atoms with Gasteiger partial charge in [0, 0.05) is 17.9 Å². The quantitative estimate of drug-likeness (QED) is 0.758. The van der Waals surface area contributed by atoms with Gasteiger partial charge in [-0.15, -0.1) is 0 Å². The second-order valence-electron chi connectivity index (χ2n) is 3.43. The van der Waals surface area contributed by atoms with Gasteiger partial charge in [0.05, 0.1) is 6.42 Å². The van der Waals surface area contributed by atoms with Crippen LogP contribution in [0.2, 0.25) is 0 Å². The predicted octanol–water partition coefficient (Wildman–Crippen LogP) is 1.28. The molecular weight excluding hydrogens is 176 g/mol. The molecule has 0 bridgehead atoms. The summed E-state index contributed by atoms with van der Waals surface area (Å²) in [4.78, 5) is 10.9. The van der Waals surface area contributed by atoms with E-state index < -0.39 is 0 Å². The Labute approximate surface area is 82.1 Å². The number of rotatable bonds is 2. The first-order valence-corrected chi connectivity index (χ1v) is 4.52. The number of carbonyl (C=O) groups is 1. The number of aromatic nitrogens is 1. The van der Waals surface area contributed by atoms with E-state index >= 15 is 0 Å². The molecule has 2 aromatic rings. The number of fused-ring (bicyclic) bond motifs is 1. The molecule has 2 heterocycles. The van der Waals surface area contributed by atoms with Gasteiger partial charge in [0.25, 0.3) is 0 Å². The zero-order valence-corrected chi connectivity index (χ0v) is 8.03. The van der Waals surface area contributed by atoms with Crippen LogP contribution < -0.4 is 5.73 Å². The van der Waals surface area contributed by atoms with E-state index in [4.69, 9.17) is 5.73 Å². The summed E-state index contributed by atoms with van der Waals surface area (Å²) in [6.45, 7) is 1.99. The molecule has 0 aliphatic carbocycles. The van der Waals surface area contributed by atoms with Gasteiger partial charge >= 0.3 is 0 Å². The third-order valence-electron chi connectivity index (χ3n) is 2.36. The van der Waals surface area contributed by atoms with Crippen molar-refractivity contribution in [3.8, 4) is 0 Å². The summed E-state index contributed by atoms with van der Waals surface area (Å²) < 4.78 is 2.01. The summed E-state index contributed by atoms with van der Waals surface area (Å²) in [7, 11) is 0. The standard InChI is InChI=1S/C11H12N2O/c1-8-7-13-5-3-2-4-10(13)9(8)6-11(12)14/h2-5,7H,6H2,1H3,(H2,12,14). The lowest BCUT2D eigenvalue weighted by Crippen LogP contribution is -2.13. The normalized spacial score (nSPS) is 10.6. The monoisotopic (exact) mass is 188 g/mol. The summed E-state index contributed by atoms with van der Waals surface area (Å²) in [6.07, 6.45) is 4.28. The van der Waals surface area contributed by atoms with Crippen LogP contribution in [-0.2, 0) is 11.2 Å². The fraction of sp³-hybridized carbons (Fsp3) is 0.182. The highest BCUT2D eigenvalue weighted by Crippen LogP contribution is 2.17. The average molecular weight is 188 g/mol. The highest BCUT2D eigenvalue weighted by molar-refractivity contribution is 5.80. The summed E-state index contributed by atoms with van der Waals surface area (Å²) in [5.41, 5.74) is 8.39. The number of nitrogens with two attached hydrogens (primary N) is 1. The SMILES string of the molecule is Cc1cn2ccccc2c1CC(N)=O. The van der Waals surface area contributed by atoms with Crippen molar-refractivity contribution in [1.29, 1.82) is 0 Å². The maximum Gasteiger partial charge on any atom is 0.221 e. The van der Waals surface area contributed by atoms with E-state index in [2.05, 4.69) is 0 Å². The first kappa shape index (κ1) is 8.81. The van der Waals surface area contributed by atoms with Crippen LogP contribution in [0.1, 0.15) is 11.1 Å². The Morgan fingerprint density at radius 3 is 3.00 bits per heavy atom. The Bertz CT molecular complexity index is 485. The van der Waals surface area contributed by atoms with E-state index in [1.165, 1.54) is 0 Å². The van der Waals surface area contributed by atoms with Crippen molar-refractivity contribution < 1.29 is 4.79 Å². The summed E-state index contributed by atoms with van der Waals surface area (Å²) in [5, 5.41) is 0. The number of primary amides is 1. The molecule has 2 N–H and O–H groups in total. The van der Waals surface area contributed by atoms with Crippen molar-refractivity contribution in [3.63, 3.8) is 0 Å². The van der Waals surface area contributed by atoms with E-state index in [1.807, 2.05) is 41.9 Å². The molecule has 0 radical (unpaired) electrons. The fourth-order valence-corrected chi connectivity index (χ4v) is 1.72. The third-order valence-corrected chi connectivity index (χ3v) is 2.36. The molecule has 3 heteroatoms. The van der Waals surface area contributed by atoms with Gasteiger partial charge < -0.3 is 10.1 Å². The van der Waals surface area contributed by atoms with Crippen LogP contribution in [-0.4, -0.2) is 10.3 Å². The zero-order chi connectivity index (χ0) is 10.1. The summed E-state index contributed by atoms with van der Waals surface area (Å²) >= 11 is 0. The first-order chi connectivity index (χ1) is 6.68. The van der Waals surface area contributed by atoms with Gasteiger partial charge in [0.2, 0.25) is 5.91 Å². The number of carbonyl (C=O) groups excluding carboxylic acids is 1. The van der Waals surface area contributed by atoms with Crippen molar-refractivity contribution >= 4 is 11.4 Å². The van der Waals surface area contributed by atoms with Crippen LogP contribution in [0, 0.1) is 6.92 Å². The fourth-order valence-electron chi connectivity index (χ4n) is 1.72. The Morgan fingerprint density at radius 2 is 2.29 bits per heavy atom. The lowest BCUT2D eigenvalue weighted by molar-refractivity contribution is -0.117. The van der Waals surface area contributed by atoms with Crippen LogP contribution >= 0.6 is 0 Å². The van der Waals surface area contributed by atoms with E-state index in [-0.39, 0.29) is 5.91 Å². The Hall–Kier alpha value is -1.77. The molecule has 72 valence electrons. The molecule has 0 unspecified atom stereocenters. The number of aryl methyl sites for hydroxylation is 1. The van der Waals surface area contributed by atoms with Gasteiger partial charge in [-0.25, -0.2) is 0 Å². The van der Waals surface area contributed by atoms with Gasteiger partial charge in [0.15, 0.2) is 0 Å². The van der Waals surface area contributed by atoms with Crippen LogP contribution in [0.4, 0.5) is 0 Å². The molecule has 0 spiro atoms. The van der Waals surface area contributed by atoms with Crippen LogP contribution in [0.5, 0.6) is 0 Å². The molecule has 0 aliphatic rings. The largest absolute Gasteiger partial charge is 0.369 e. The topological polar surface area (TPSA) is 47.5 Å². The van der Waals surface area contributed by atoms with E-state index in [0.717, 1.165) is 16.6 Å². The molecule has 0 aliphatic heterocycles. The number of hydrogen-bond acceptors (Lipinski definition) is 1. The molecule has 0 atom stereocenters. The third kappa shape index (κ3) is 1.37. The molecule has 14 heavy (non-hydrogen) atoms. The van der Waals surface area contributed by atoms with Gasteiger partial charge in [-0.1, -0.05) is 6.07 Å². The Morgan fingerprint density at radius 1 is 1.50 bits per heavy atom. The Balaban J connectivity index is 2.62. The lowest BCUT2D eigenvalue weighted by atomic mass is 10.1. The molecule has 2 rings (SSSR count). The summed E-state index contributed by atoms with van der Waals surface area (Å²) in [5.74, 6) is -0.287. The molecule has 0 saturated heterocycles. The highest BCUT2D eigenvalue weighted by atomic mass is 16.1. The van der Waals surface area contributed by atoms with E-state index in [0.29, 0.717) is 6.42 Å². The van der Waals surface area contributed by atoms with Gasteiger partial charge in [-0.05, 0) is 30.2 Å². The van der Waals surface area contributed by atoms with Crippen LogP contribution in [0.3, 0.4) is 0 Å². The maximum atomic E-state index is 10.9. The molecule has 1 amide bonds. The van der Waals surface area contributed by atoms with Crippen molar-refractivity contribution in [2.45, 2.75) is 13.3 Å². The molecule has 0 saturated carbocycles. The average Bonchev–Trinajstić information content (AvgIpc) is 2.43. The van der Waals surface area contributed by atoms with Crippen molar-refractivity contribution in [3.05, 3.63) is 41.7 Å². The predicted molar refractivity (Wildman–Crippen MR) is 55.0 cm³/mol. The summed E-state index contributed by atoms with van der Waals surface area (Å²) in [6, 6.07) is 5.91. The van der Waals surface area contributed by atoms with Crippen LogP contribution in [0.25, 0.3) is 5.52 Å². The minimum absolute atomic E-state index is 0.287. The van der Waals surface area contributed by atoms with E-state index in [1.54, 1.807) is 0 Å². The Kier molecular flexibility index (Phi) is 2.00. The number of hydrogen-bond donors (Lipinski definition) is 1. The molecule has 0 fully saturated rings. The van der Waals surface area contributed by atoms with Gasteiger partial charge in [-0.2, -0.15) is 0 Å². The van der Waals surface area contributed by atoms with E-state index in [9.17, 15) is 4.79 Å². The number of nitrogens with zero attached hydrogens (tertiary/aromatic N) is 1. The number of pyridine rings is 1. The second kappa shape index (κ2) is 3.18. The van der Waals surface area contributed by atoms with Crippen molar-refractivity contribution in [2.75, 3.05) is 0 Å². The maximum absolute atomic E-state index is 10.9. The zero-order valence-electron chi connectivity index (χ0n) is 8.03. The van der Waals surface area contributed by atoms with Gasteiger partial charge in [-0.3, -0.25) is 4.79 Å².